The second kappa shape index (κ2) is 26.0. The molecule has 0 aromatic carbocycles. The van der Waals surface area contributed by atoms with E-state index in [0.29, 0.717) is 11.6 Å². The third-order valence-electron chi connectivity index (χ3n) is 4.02. The molecular formula is C23H49N3O2. The van der Waals surface area contributed by atoms with Gasteiger partial charge in [0.05, 0.1) is 0 Å². The second-order valence-corrected chi connectivity index (χ2v) is 6.13. The molecule has 3 heterocycles. The van der Waals surface area contributed by atoms with Crippen LogP contribution in [-0.2, 0) is 9.59 Å². The molecule has 0 aromatic rings. The summed E-state index contributed by atoms with van der Waals surface area (Å²) in [7, 11) is 2.05. The van der Waals surface area contributed by atoms with Crippen molar-refractivity contribution in [2.45, 2.75) is 80.1 Å². The molecule has 0 spiro atoms. The summed E-state index contributed by atoms with van der Waals surface area (Å²) in [5.74, 6) is 0.821. The van der Waals surface area contributed by atoms with Crippen molar-refractivity contribution in [1.29, 1.82) is 0 Å². The van der Waals surface area contributed by atoms with Gasteiger partial charge >= 0.3 is 0 Å². The van der Waals surface area contributed by atoms with E-state index in [2.05, 4.69) is 22.1 Å². The summed E-state index contributed by atoms with van der Waals surface area (Å²) in [6.07, 6.45) is 5.35. The summed E-state index contributed by atoms with van der Waals surface area (Å²) in [4.78, 5) is 23.2. The molecule has 0 amide bonds. The lowest BCUT2D eigenvalue weighted by atomic mass is 10.1. The molecular weight excluding hydrogens is 350 g/mol. The molecule has 5 heteroatoms. The van der Waals surface area contributed by atoms with Crippen LogP contribution in [0.2, 0.25) is 0 Å². The highest BCUT2D eigenvalue weighted by Crippen LogP contribution is 2.04. The van der Waals surface area contributed by atoms with Gasteiger partial charge in [0.1, 0.15) is 11.6 Å². The Kier molecular flexibility index (Phi) is 29.3. The number of nitrogens with one attached hydrogen (secondary N) is 2. The molecule has 5 nitrogen and oxygen atoms in total. The first-order valence-electron chi connectivity index (χ1n) is 11.4. The Balaban J connectivity index is -0.000000296. The van der Waals surface area contributed by atoms with Gasteiger partial charge in [-0.05, 0) is 33.0 Å². The minimum Gasteiger partial charge on any atom is -0.316 e. The Hall–Kier alpha value is -1.04. The maximum Gasteiger partial charge on any atom is 0.135 e. The van der Waals surface area contributed by atoms with E-state index < -0.39 is 0 Å². The maximum absolute atomic E-state index is 10.6. The number of ketones is 2. The van der Waals surface area contributed by atoms with Gasteiger partial charge in [0, 0.05) is 51.9 Å². The molecule has 0 atom stereocenters. The lowest BCUT2D eigenvalue weighted by molar-refractivity contribution is -0.121. The van der Waals surface area contributed by atoms with Gasteiger partial charge < -0.3 is 15.5 Å². The molecule has 3 saturated heterocycles. The standard InChI is InChI=1S/C6H11NO.C6H11N.C5H9NO.3C2H6/c1-7-4-2-6(8)3-5-7;1-6-2-4-7-5-3-6;7-5-1-3-6-4-2-5;3*1-2/h2-5H2,1H3;7H,1-5H2;6H,1-4H2;3*1-2H3. The monoisotopic (exact) mass is 399 g/mol. The molecule has 2 N–H and O–H groups in total. The first-order chi connectivity index (χ1) is 13.6. The smallest absolute Gasteiger partial charge is 0.135 e. The summed E-state index contributed by atoms with van der Waals surface area (Å²) in [6.45, 7) is 21.8. The molecule has 0 aliphatic carbocycles. The van der Waals surface area contributed by atoms with Crippen LogP contribution in [0.15, 0.2) is 12.2 Å². The van der Waals surface area contributed by atoms with Crippen LogP contribution in [0, 0.1) is 0 Å². The number of likely N-dealkylation sites (tertiary alicyclic amines) is 1. The van der Waals surface area contributed by atoms with Crippen molar-refractivity contribution in [2.75, 3.05) is 46.3 Å². The summed E-state index contributed by atoms with van der Waals surface area (Å²) in [5, 5.41) is 6.35. The van der Waals surface area contributed by atoms with Crippen molar-refractivity contribution in [3.05, 3.63) is 12.2 Å². The third kappa shape index (κ3) is 23.0. The summed E-state index contributed by atoms with van der Waals surface area (Å²) >= 11 is 0. The summed E-state index contributed by atoms with van der Waals surface area (Å²) < 4.78 is 0. The molecule has 3 rings (SSSR count). The van der Waals surface area contributed by atoms with E-state index in [1.54, 1.807) is 0 Å². The molecule has 3 aliphatic rings. The fraction of sp³-hybridized carbons (Fsp3) is 0.826. The van der Waals surface area contributed by atoms with Gasteiger partial charge in [-0.2, -0.15) is 0 Å². The molecule has 168 valence electrons. The van der Waals surface area contributed by atoms with Crippen LogP contribution in [0.5, 0.6) is 0 Å². The number of carbonyl (C=O) groups is 2. The molecule has 3 aliphatic heterocycles. The van der Waals surface area contributed by atoms with Gasteiger partial charge in [0.15, 0.2) is 0 Å². The minimum absolute atomic E-state index is 0.402. The predicted octanol–water partition coefficient (Wildman–Crippen LogP) is 4.22. The van der Waals surface area contributed by atoms with E-state index in [1.165, 1.54) is 18.4 Å². The number of piperidine rings is 3. The zero-order chi connectivity index (χ0) is 22.2. The van der Waals surface area contributed by atoms with Crippen LogP contribution in [0.3, 0.4) is 0 Å². The molecule has 28 heavy (non-hydrogen) atoms. The van der Waals surface area contributed by atoms with E-state index in [1.807, 2.05) is 48.6 Å². The Morgan fingerprint density at radius 2 is 0.964 bits per heavy atom. The normalized spacial score (nSPS) is 18.8. The van der Waals surface area contributed by atoms with Crippen LogP contribution in [-0.4, -0.2) is 62.8 Å². The minimum atomic E-state index is 0.402. The first kappa shape index (κ1) is 31.6. The van der Waals surface area contributed by atoms with Crippen LogP contribution in [0.4, 0.5) is 0 Å². The average Bonchev–Trinajstić information content (AvgIpc) is 2.77. The van der Waals surface area contributed by atoms with Crippen LogP contribution in [0.25, 0.3) is 0 Å². The number of hydrogen-bond acceptors (Lipinski definition) is 5. The molecule has 0 radical (unpaired) electrons. The van der Waals surface area contributed by atoms with E-state index >= 15 is 0 Å². The van der Waals surface area contributed by atoms with Crippen molar-refractivity contribution < 1.29 is 9.59 Å². The van der Waals surface area contributed by atoms with Crippen molar-refractivity contribution >= 4 is 11.6 Å². The first-order valence-corrected chi connectivity index (χ1v) is 11.4. The Labute approximate surface area is 175 Å². The van der Waals surface area contributed by atoms with Gasteiger partial charge in [0.25, 0.3) is 0 Å². The molecule has 3 fully saturated rings. The van der Waals surface area contributed by atoms with E-state index in [0.717, 1.165) is 65.0 Å². The maximum atomic E-state index is 10.6. The summed E-state index contributed by atoms with van der Waals surface area (Å²) in [6, 6.07) is 0. The molecule has 0 bridgehead atoms. The number of carbonyl (C=O) groups excluding carboxylic acids is 2. The second-order valence-electron chi connectivity index (χ2n) is 6.13. The van der Waals surface area contributed by atoms with Crippen LogP contribution in [0.1, 0.15) is 80.1 Å². The van der Waals surface area contributed by atoms with Gasteiger partial charge in [-0.25, -0.2) is 0 Å². The van der Waals surface area contributed by atoms with Crippen LogP contribution >= 0.6 is 0 Å². The number of Topliss-reactive ketones (excluding diaryl/α,β-unsaturated/α-hetero) is 2. The number of nitrogens with zero attached hydrogens (tertiary/aromatic N) is 1. The highest BCUT2D eigenvalue weighted by Gasteiger charge is 2.11. The SMILES string of the molecule is C=C1CCNCC1.CC.CC.CC.CN1CCC(=O)CC1.O=C1CCNCC1. The zero-order valence-electron chi connectivity index (χ0n) is 20.0. The van der Waals surface area contributed by atoms with Crippen LogP contribution < -0.4 is 10.6 Å². The van der Waals surface area contributed by atoms with Crippen molar-refractivity contribution in [3.63, 3.8) is 0 Å². The topological polar surface area (TPSA) is 61.4 Å². The Morgan fingerprint density at radius 1 is 0.643 bits per heavy atom. The van der Waals surface area contributed by atoms with Gasteiger partial charge in [-0.15, -0.1) is 0 Å². The fourth-order valence-corrected chi connectivity index (χ4v) is 2.35. The number of hydrogen-bond donors (Lipinski definition) is 2. The Morgan fingerprint density at radius 3 is 1.18 bits per heavy atom. The summed E-state index contributed by atoms with van der Waals surface area (Å²) in [5.41, 5.74) is 1.40. The Bertz CT molecular complexity index is 323. The molecule has 0 saturated carbocycles. The molecule has 0 aromatic heterocycles. The average molecular weight is 400 g/mol. The predicted molar refractivity (Wildman–Crippen MR) is 124 cm³/mol. The van der Waals surface area contributed by atoms with Gasteiger partial charge in [0.2, 0.25) is 0 Å². The zero-order valence-corrected chi connectivity index (χ0v) is 20.0. The lowest BCUT2D eigenvalue weighted by Gasteiger charge is -2.19. The van der Waals surface area contributed by atoms with Crippen molar-refractivity contribution in [3.8, 4) is 0 Å². The van der Waals surface area contributed by atoms with E-state index in [-0.39, 0.29) is 0 Å². The quantitative estimate of drug-likeness (QED) is 0.597. The lowest BCUT2D eigenvalue weighted by Crippen LogP contribution is -2.29. The van der Waals surface area contributed by atoms with Gasteiger partial charge in [-0.3, -0.25) is 9.59 Å². The fourth-order valence-electron chi connectivity index (χ4n) is 2.35. The third-order valence-corrected chi connectivity index (χ3v) is 4.02. The largest absolute Gasteiger partial charge is 0.316 e. The van der Waals surface area contributed by atoms with E-state index in [4.69, 9.17) is 0 Å². The van der Waals surface area contributed by atoms with Gasteiger partial charge in [-0.1, -0.05) is 53.7 Å². The highest BCUT2D eigenvalue weighted by molar-refractivity contribution is 5.79. The highest BCUT2D eigenvalue weighted by atomic mass is 16.1. The molecule has 0 unspecified atom stereocenters. The van der Waals surface area contributed by atoms with Crippen molar-refractivity contribution in [2.24, 2.45) is 0 Å². The van der Waals surface area contributed by atoms with E-state index in [9.17, 15) is 9.59 Å². The number of rotatable bonds is 0. The van der Waals surface area contributed by atoms with Crippen molar-refractivity contribution in [1.82, 2.24) is 15.5 Å².